The summed E-state index contributed by atoms with van der Waals surface area (Å²) >= 11 is 6.67. The first-order valence-electron chi connectivity index (χ1n) is 15.1. The average Bonchev–Trinajstić information content (AvgIpc) is 3.10. The van der Waals surface area contributed by atoms with Crippen LogP contribution in [0.15, 0.2) is 67.1 Å². The first kappa shape index (κ1) is 34.3. The molecule has 0 saturated heterocycles. The smallest absolute Gasteiger partial charge is 0.161 e. The van der Waals surface area contributed by atoms with E-state index in [0.29, 0.717) is 46.7 Å². The molecule has 4 aromatic rings. The van der Waals surface area contributed by atoms with Crippen LogP contribution in [-0.4, -0.2) is 86.3 Å². The van der Waals surface area contributed by atoms with Crippen LogP contribution >= 0.6 is 11.6 Å². The molecule has 0 saturated carbocycles. The number of rotatable bonds is 15. The van der Waals surface area contributed by atoms with Gasteiger partial charge in [0, 0.05) is 37.1 Å². The van der Waals surface area contributed by atoms with Crippen molar-refractivity contribution in [3.63, 3.8) is 0 Å². The second kappa shape index (κ2) is 16.2. The van der Waals surface area contributed by atoms with Gasteiger partial charge in [-0.25, -0.2) is 0 Å². The standard InChI is InChI=1S/C34H38ClN3O9/c1-20-22(3-2-4-25(20)21-5-6-29-32(12-21)45-10-9-44-29)18-46-31-13-30(47-19-24-15-36-7-8-38-24)23(11-26(31)35)14-37-16-27(40)33(42)34(43)28(41)17-39/h2-8,11-13,15,27-28,33-34,37,39-43H,9-10,14,16-19H2,1H3. The second-order valence-electron chi connectivity index (χ2n) is 11.0. The Bertz CT molecular complexity index is 1630. The van der Waals surface area contributed by atoms with E-state index >= 15 is 0 Å². The summed E-state index contributed by atoms with van der Waals surface area (Å²) in [6.07, 6.45) is -1.72. The minimum atomic E-state index is -1.72. The fourth-order valence-electron chi connectivity index (χ4n) is 5.07. The zero-order valence-corrected chi connectivity index (χ0v) is 26.5. The summed E-state index contributed by atoms with van der Waals surface area (Å²) in [5.41, 5.74) is 5.26. The molecule has 13 heteroatoms. The van der Waals surface area contributed by atoms with E-state index in [4.69, 9.17) is 35.7 Å². The fraction of sp³-hybridized carbons (Fsp3) is 0.353. The zero-order chi connectivity index (χ0) is 33.3. The van der Waals surface area contributed by atoms with Crippen LogP contribution < -0.4 is 24.3 Å². The van der Waals surface area contributed by atoms with E-state index in [2.05, 4.69) is 15.3 Å². The third kappa shape index (κ3) is 8.67. The van der Waals surface area contributed by atoms with Crippen molar-refractivity contribution < 1.29 is 44.5 Å². The molecule has 0 aliphatic carbocycles. The molecule has 4 atom stereocenters. The van der Waals surface area contributed by atoms with Gasteiger partial charge >= 0.3 is 0 Å². The van der Waals surface area contributed by atoms with Gasteiger partial charge in [0.15, 0.2) is 11.5 Å². The molecular formula is C34H38ClN3O9. The van der Waals surface area contributed by atoms with Gasteiger partial charge in [0.25, 0.3) is 0 Å². The van der Waals surface area contributed by atoms with Gasteiger partial charge in [0.1, 0.15) is 56.2 Å². The molecule has 0 radical (unpaired) electrons. The number of hydrogen-bond donors (Lipinski definition) is 6. The van der Waals surface area contributed by atoms with Crippen molar-refractivity contribution in [1.82, 2.24) is 15.3 Å². The minimum absolute atomic E-state index is 0.116. The highest BCUT2D eigenvalue weighted by molar-refractivity contribution is 6.32. The van der Waals surface area contributed by atoms with Gasteiger partial charge in [-0.05, 0) is 47.4 Å². The van der Waals surface area contributed by atoms with E-state index in [1.54, 1.807) is 30.7 Å². The lowest BCUT2D eigenvalue weighted by Gasteiger charge is -2.26. The van der Waals surface area contributed by atoms with Crippen molar-refractivity contribution in [1.29, 1.82) is 0 Å². The number of nitrogens with one attached hydrogen (secondary N) is 1. The predicted molar refractivity (Wildman–Crippen MR) is 173 cm³/mol. The maximum Gasteiger partial charge on any atom is 0.161 e. The van der Waals surface area contributed by atoms with E-state index in [1.165, 1.54) is 0 Å². The van der Waals surface area contributed by atoms with Gasteiger partial charge in [-0.1, -0.05) is 35.9 Å². The van der Waals surface area contributed by atoms with Crippen LogP contribution in [0, 0.1) is 6.92 Å². The molecular weight excluding hydrogens is 630 g/mol. The number of fused-ring (bicyclic) bond motifs is 1. The topological polar surface area (TPSA) is 176 Å². The molecule has 3 aromatic carbocycles. The number of aliphatic hydroxyl groups excluding tert-OH is 5. The summed E-state index contributed by atoms with van der Waals surface area (Å²) in [4.78, 5) is 8.32. The van der Waals surface area contributed by atoms with Crippen LogP contribution in [0.3, 0.4) is 0 Å². The maximum atomic E-state index is 10.3. The summed E-state index contributed by atoms with van der Waals surface area (Å²) in [5, 5.41) is 52.3. The number of ether oxygens (including phenoxy) is 4. The number of hydrogen-bond acceptors (Lipinski definition) is 12. The van der Waals surface area contributed by atoms with Crippen LogP contribution in [0.2, 0.25) is 5.02 Å². The molecule has 1 aliphatic heterocycles. The first-order valence-corrected chi connectivity index (χ1v) is 15.5. The van der Waals surface area contributed by atoms with Crippen molar-refractivity contribution in [3.8, 4) is 34.1 Å². The van der Waals surface area contributed by atoms with E-state index in [0.717, 1.165) is 28.0 Å². The normalized spacial score (nSPS) is 15.0. The molecule has 250 valence electrons. The Kier molecular flexibility index (Phi) is 11.8. The van der Waals surface area contributed by atoms with Gasteiger partial charge in [-0.2, -0.15) is 0 Å². The predicted octanol–water partition coefficient (Wildman–Crippen LogP) is 2.56. The van der Waals surface area contributed by atoms with Gasteiger partial charge in [-0.15, -0.1) is 0 Å². The number of benzene rings is 3. The van der Waals surface area contributed by atoms with E-state index in [-0.39, 0.29) is 26.3 Å². The Morgan fingerprint density at radius 1 is 0.872 bits per heavy atom. The first-order chi connectivity index (χ1) is 22.7. The van der Waals surface area contributed by atoms with Crippen LogP contribution in [0.5, 0.6) is 23.0 Å². The molecule has 0 fully saturated rings. The van der Waals surface area contributed by atoms with Gasteiger partial charge in [0.2, 0.25) is 0 Å². The van der Waals surface area contributed by atoms with Crippen LogP contribution in [-0.2, 0) is 19.8 Å². The number of aliphatic hydroxyl groups is 5. The zero-order valence-electron chi connectivity index (χ0n) is 25.8. The second-order valence-corrected chi connectivity index (χ2v) is 11.4. The Balaban J connectivity index is 1.31. The minimum Gasteiger partial charge on any atom is -0.487 e. The molecule has 1 aromatic heterocycles. The van der Waals surface area contributed by atoms with Crippen molar-refractivity contribution in [2.45, 2.75) is 51.1 Å². The van der Waals surface area contributed by atoms with Crippen molar-refractivity contribution >= 4 is 11.6 Å². The lowest BCUT2D eigenvalue weighted by atomic mass is 9.96. The van der Waals surface area contributed by atoms with Gasteiger partial charge in [-0.3, -0.25) is 9.97 Å². The van der Waals surface area contributed by atoms with Crippen molar-refractivity contribution in [2.24, 2.45) is 0 Å². The summed E-state index contributed by atoms with van der Waals surface area (Å²) in [7, 11) is 0. The molecule has 4 unspecified atom stereocenters. The Morgan fingerprint density at radius 2 is 1.64 bits per heavy atom. The summed E-state index contributed by atoms with van der Waals surface area (Å²) in [6, 6.07) is 15.3. The van der Waals surface area contributed by atoms with Gasteiger partial charge in [0.05, 0.1) is 29.6 Å². The van der Waals surface area contributed by atoms with Crippen molar-refractivity contribution in [2.75, 3.05) is 26.4 Å². The van der Waals surface area contributed by atoms with Gasteiger partial charge < -0.3 is 49.8 Å². The van der Waals surface area contributed by atoms with E-state index < -0.39 is 31.0 Å². The molecule has 5 rings (SSSR count). The number of nitrogens with zero attached hydrogens (tertiary/aromatic N) is 2. The molecule has 0 amide bonds. The molecule has 1 aliphatic rings. The number of halogens is 1. The molecule has 47 heavy (non-hydrogen) atoms. The lowest BCUT2D eigenvalue weighted by molar-refractivity contribution is -0.114. The molecule has 2 heterocycles. The Labute approximate surface area is 277 Å². The average molecular weight is 668 g/mol. The third-order valence-electron chi connectivity index (χ3n) is 7.78. The molecule has 0 spiro atoms. The monoisotopic (exact) mass is 667 g/mol. The highest BCUT2D eigenvalue weighted by atomic mass is 35.5. The lowest BCUT2D eigenvalue weighted by Crippen LogP contribution is -2.48. The SMILES string of the molecule is Cc1c(COc2cc(OCc3cnccn3)c(CNCC(O)C(O)C(O)C(O)CO)cc2Cl)cccc1-c1ccc2c(c1)OCCO2. The number of aromatic nitrogens is 2. The summed E-state index contributed by atoms with van der Waals surface area (Å²) in [5.74, 6) is 2.28. The maximum absolute atomic E-state index is 10.3. The van der Waals surface area contributed by atoms with E-state index in [1.807, 2.05) is 43.3 Å². The molecule has 6 N–H and O–H groups in total. The van der Waals surface area contributed by atoms with Crippen molar-refractivity contribution in [3.05, 3.63) is 94.5 Å². The highest BCUT2D eigenvalue weighted by Crippen LogP contribution is 2.37. The van der Waals surface area contributed by atoms with Crippen LogP contribution in [0.4, 0.5) is 0 Å². The third-order valence-corrected chi connectivity index (χ3v) is 8.08. The largest absolute Gasteiger partial charge is 0.487 e. The summed E-state index contributed by atoms with van der Waals surface area (Å²) in [6.45, 7) is 2.68. The molecule has 12 nitrogen and oxygen atoms in total. The molecule has 0 bridgehead atoms. The Hall–Kier alpha value is -4.01. The fourth-order valence-corrected chi connectivity index (χ4v) is 5.31. The van der Waals surface area contributed by atoms with E-state index in [9.17, 15) is 20.4 Å². The quantitative estimate of drug-likeness (QED) is 0.109. The van der Waals surface area contributed by atoms with Crippen LogP contribution in [0.25, 0.3) is 11.1 Å². The summed E-state index contributed by atoms with van der Waals surface area (Å²) < 4.78 is 23.7. The highest BCUT2D eigenvalue weighted by Gasteiger charge is 2.29. The Morgan fingerprint density at radius 3 is 2.40 bits per heavy atom. The van der Waals surface area contributed by atoms with Crippen LogP contribution in [0.1, 0.15) is 22.4 Å².